The van der Waals surface area contributed by atoms with Gasteiger partial charge in [0.25, 0.3) is 0 Å². The average molecular weight is 495 g/mol. The zero-order chi connectivity index (χ0) is 25.9. The number of hydrogen-bond acceptors (Lipinski definition) is 7. The summed E-state index contributed by atoms with van der Waals surface area (Å²) in [6, 6.07) is 4.74. The number of likely N-dealkylation sites (tertiary alicyclic amines) is 1. The van der Waals surface area contributed by atoms with Crippen LogP contribution in [0.15, 0.2) is 18.2 Å². The van der Waals surface area contributed by atoms with Crippen molar-refractivity contribution in [1.29, 1.82) is 0 Å². The molecule has 1 aromatic rings. The molecule has 1 saturated carbocycles. The normalized spacial score (nSPS) is 16.8. The average Bonchev–Trinajstić information content (AvgIpc) is 3.37. The topological polar surface area (TPSA) is 125 Å². The van der Waals surface area contributed by atoms with Crippen LogP contribution >= 0.6 is 0 Å². The summed E-state index contributed by atoms with van der Waals surface area (Å²) < 4.78 is 10.5. The third-order valence-electron chi connectivity index (χ3n) is 5.75. The molecule has 2 aliphatic rings. The number of amides is 1. The first-order valence-electron chi connectivity index (χ1n) is 12.5. The van der Waals surface area contributed by atoms with Crippen LogP contribution in [0, 0.1) is 0 Å². The highest BCUT2D eigenvalue weighted by Gasteiger charge is 2.33. The number of likely N-dealkylation sites (N-methyl/N-ethyl adjacent to an activating group) is 1. The van der Waals surface area contributed by atoms with E-state index in [1.807, 2.05) is 0 Å². The van der Waals surface area contributed by atoms with Gasteiger partial charge in [0.15, 0.2) is 0 Å². The molecule has 2 fully saturated rings. The second-order valence-electron chi connectivity index (χ2n) is 8.55. The molecule has 0 spiro atoms. The quantitative estimate of drug-likeness (QED) is 0.335. The van der Waals surface area contributed by atoms with Crippen molar-refractivity contribution >= 4 is 18.2 Å². The number of ether oxygens (including phenoxy) is 2. The van der Waals surface area contributed by atoms with Gasteiger partial charge in [-0.05, 0) is 37.6 Å². The number of rotatable bonds is 10. The molecule has 1 unspecified atom stereocenters. The largest absolute Gasteiger partial charge is 0.497 e. The van der Waals surface area contributed by atoms with Crippen molar-refractivity contribution < 1.29 is 34.1 Å². The summed E-state index contributed by atoms with van der Waals surface area (Å²) in [6.45, 7) is 1.33. The monoisotopic (exact) mass is 494 g/mol. The molecule has 35 heavy (non-hydrogen) atoms. The van der Waals surface area contributed by atoms with Crippen LogP contribution in [0.5, 0.6) is 11.5 Å². The van der Waals surface area contributed by atoms with E-state index in [2.05, 4.69) is 5.32 Å². The van der Waals surface area contributed by atoms with Crippen molar-refractivity contribution in [3.8, 4) is 11.5 Å². The molecule has 1 atom stereocenters. The Morgan fingerprint density at radius 2 is 1.71 bits per heavy atom. The van der Waals surface area contributed by atoms with Crippen LogP contribution in [-0.2, 0) is 20.8 Å². The van der Waals surface area contributed by atoms with Crippen molar-refractivity contribution in [3.63, 3.8) is 0 Å². The minimum Gasteiger partial charge on any atom is -0.497 e. The van der Waals surface area contributed by atoms with Gasteiger partial charge in [-0.2, -0.15) is 0 Å². The SMILES string of the molecule is C1CCCCC1.CNCC(=O)N1CCCC1C(=O)O.COc1cc(CC=O)cc(OCCCO)c1. The molecule has 3 rings (SSSR count). The van der Waals surface area contributed by atoms with E-state index < -0.39 is 12.0 Å². The number of aliphatic carboxylic acids is 1. The number of nitrogens with zero attached hydrogens (tertiary/aromatic N) is 1. The van der Waals surface area contributed by atoms with E-state index in [4.69, 9.17) is 19.7 Å². The predicted octanol–water partition coefficient (Wildman–Crippen LogP) is 2.82. The fourth-order valence-electron chi connectivity index (χ4n) is 3.94. The predicted molar refractivity (Wildman–Crippen MR) is 134 cm³/mol. The van der Waals surface area contributed by atoms with Gasteiger partial charge in [0.1, 0.15) is 23.8 Å². The molecule has 198 valence electrons. The smallest absolute Gasteiger partial charge is 0.326 e. The van der Waals surface area contributed by atoms with Gasteiger partial charge in [-0.25, -0.2) is 4.79 Å². The molecule has 1 saturated heterocycles. The number of aliphatic hydroxyl groups excluding tert-OH is 1. The number of benzene rings is 1. The van der Waals surface area contributed by atoms with E-state index in [9.17, 15) is 14.4 Å². The highest BCUT2D eigenvalue weighted by atomic mass is 16.5. The Labute approximate surface area is 208 Å². The third-order valence-corrected chi connectivity index (χ3v) is 5.75. The first-order valence-corrected chi connectivity index (χ1v) is 12.5. The summed E-state index contributed by atoms with van der Waals surface area (Å²) >= 11 is 0. The fourth-order valence-corrected chi connectivity index (χ4v) is 3.94. The number of carbonyl (C=O) groups is 3. The van der Waals surface area contributed by atoms with Crippen LogP contribution in [0.4, 0.5) is 0 Å². The Kier molecular flexibility index (Phi) is 16.2. The Balaban J connectivity index is 0.000000287. The number of carbonyl (C=O) groups excluding carboxylic acids is 2. The van der Waals surface area contributed by atoms with Gasteiger partial charge >= 0.3 is 5.97 Å². The molecule has 0 radical (unpaired) electrons. The van der Waals surface area contributed by atoms with Crippen molar-refractivity contribution in [2.75, 3.05) is 40.5 Å². The molecular weight excluding hydrogens is 452 g/mol. The van der Waals surface area contributed by atoms with E-state index >= 15 is 0 Å². The Hall–Kier alpha value is -2.65. The van der Waals surface area contributed by atoms with Crippen LogP contribution in [-0.4, -0.2) is 79.8 Å². The van der Waals surface area contributed by atoms with Crippen molar-refractivity contribution in [3.05, 3.63) is 23.8 Å². The molecule has 1 amide bonds. The number of carboxylic acids is 1. The van der Waals surface area contributed by atoms with Gasteiger partial charge in [-0.1, -0.05) is 38.5 Å². The van der Waals surface area contributed by atoms with Gasteiger partial charge < -0.3 is 34.7 Å². The molecule has 9 heteroatoms. The summed E-state index contributed by atoms with van der Waals surface area (Å²) in [7, 11) is 3.24. The molecule has 9 nitrogen and oxygen atoms in total. The van der Waals surface area contributed by atoms with Crippen molar-refractivity contribution in [2.45, 2.75) is 70.3 Å². The Morgan fingerprint density at radius 1 is 1.09 bits per heavy atom. The fraction of sp³-hybridized carbons (Fsp3) is 0.654. The van der Waals surface area contributed by atoms with Gasteiger partial charge in [0.05, 0.1) is 20.3 Å². The first-order chi connectivity index (χ1) is 17.0. The zero-order valence-electron chi connectivity index (χ0n) is 21.2. The van der Waals surface area contributed by atoms with Crippen LogP contribution in [0.1, 0.15) is 63.4 Å². The minimum absolute atomic E-state index is 0.102. The van der Waals surface area contributed by atoms with E-state index in [1.165, 1.54) is 43.4 Å². The Morgan fingerprint density at radius 3 is 2.23 bits per heavy atom. The maximum atomic E-state index is 11.4. The van der Waals surface area contributed by atoms with Gasteiger partial charge in [0.2, 0.25) is 5.91 Å². The lowest BCUT2D eigenvalue weighted by atomic mass is 10.0. The van der Waals surface area contributed by atoms with E-state index in [-0.39, 0.29) is 19.1 Å². The highest BCUT2D eigenvalue weighted by molar-refractivity contribution is 5.85. The molecule has 0 aromatic heterocycles. The molecule has 1 heterocycles. The second-order valence-corrected chi connectivity index (χ2v) is 8.55. The third kappa shape index (κ3) is 12.6. The summed E-state index contributed by atoms with van der Waals surface area (Å²) in [5.41, 5.74) is 0.855. The maximum absolute atomic E-state index is 11.4. The lowest BCUT2D eigenvalue weighted by Crippen LogP contribution is -2.43. The summed E-state index contributed by atoms with van der Waals surface area (Å²) in [4.78, 5) is 33.9. The first kappa shape index (κ1) is 30.4. The van der Waals surface area contributed by atoms with Crippen LogP contribution in [0.3, 0.4) is 0 Å². The number of nitrogens with one attached hydrogen (secondary N) is 1. The van der Waals surface area contributed by atoms with Crippen LogP contribution in [0.2, 0.25) is 0 Å². The molecule has 1 aliphatic carbocycles. The van der Waals surface area contributed by atoms with E-state index in [0.29, 0.717) is 43.9 Å². The van der Waals surface area contributed by atoms with Gasteiger partial charge in [-0.15, -0.1) is 0 Å². The zero-order valence-corrected chi connectivity index (χ0v) is 21.2. The van der Waals surface area contributed by atoms with Crippen molar-refractivity contribution in [2.24, 2.45) is 0 Å². The maximum Gasteiger partial charge on any atom is 0.326 e. The number of hydrogen-bond donors (Lipinski definition) is 3. The van der Waals surface area contributed by atoms with Crippen LogP contribution in [0.25, 0.3) is 0 Å². The minimum atomic E-state index is -0.901. The van der Waals surface area contributed by atoms with Gasteiger partial charge in [0, 0.05) is 32.1 Å². The molecule has 1 aromatic carbocycles. The summed E-state index contributed by atoms with van der Waals surface area (Å²) in [5, 5.41) is 20.1. The van der Waals surface area contributed by atoms with Gasteiger partial charge in [-0.3, -0.25) is 4.79 Å². The molecular formula is C26H42N2O7. The van der Waals surface area contributed by atoms with Crippen LogP contribution < -0.4 is 14.8 Å². The molecule has 0 bridgehead atoms. The van der Waals surface area contributed by atoms with E-state index in [1.54, 1.807) is 32.4 Å². The second kappa shape index (κ2) is 18.6. The number of methoxy groups -OCH3 is 1. The highest BCUT2D eigenvalue weighted by Crippen LogP contribution is 2.23. The van der Waals surface area contributed by atoms with Crippen molar-refractivity contribution in [1.82, 2.24) is 10.2 Å². The number of aliphatic hydroxyl groups is 1. The lowest BCUT2D eigenvalue weighted by molar-refractivity contribution is -0.147. The van der Waals surface area contributed by atoms with E-state index in [0.717, 1.165) is 18.3 Å². The molecule has 3 N–H and O–H groups in total. The number of aldehydes is 1. The number of carboxylic acid groups (broad SMARTS) is 1. The summed E-state index contributed by atoms with van der Waals surface area (Å²) in [5.74, 6) is 0.289. The summed E-state index contributed by atoms with van der Waals surface area (Å²) in [6.07, 6.45) is 12.1. The molecule has 1 aliphatic heterocycles. The standard InChI is InChI=1S/C12H16O4.C8H14N2O3.C6H12/c1-15-11-7-10(3-5-14)8-12(9-11)16-6-2-4-13;1-9-5-7(11)10-4-2-3-6(10)8(12)13;1-2-4-6-5-3-1/h5,7-9,13H,2-4,6H2,1H3;6,9H,2-5H2,1H3,(H,12,13);1-6H2. The Bertz CT molecular complexity index is 742. The lowest BCUT2D eigenvalue weighted by Gasteiger charge is -2.20.